The fraction of sp³-hybridized carbons (Fsp3) is 0.192. The molecule has 0 saturated heterocycles. The molecule has 3 aromatic carbocycles. The fourth-order valence-electron chi connectivity index (χ4n) is 3.48. The number of carbonyl (C=O) groups excluding carboxylic acids is 2. The number of aliphatic carboxylic acids is 1. The third kappa shape index (κ3) is 6.83. The van der Waals surface area contributed by atoms with E-state index in [2.05, 4.69) is 16.0 Å². The van der Waals surface area contributed by atoms with Crippen LogP contribution in [0.2, 0.25) is 0 Å². The van der Waals surface area contributed by atoms with Gasteiger partial charge in [0.1, 0.15) is 5.75 Å². The second-order valence-electron chi connectivity index (χ2n) is 8.01. The first-order valence-corrected chi connectivity index (χ1v) is 10.8. The van der Waals surface area contributed by atoms with Crippen molar-refractivity contribution in [1.29, 1.82) is 0 Å². The number of hydrogen-bond acceptors (Lipinski definition) is 4. The minimum Gasteiger partial charge on any atom is -0.508 e. The maximum absolute atomic E-state index is 12.4. The molecule has 176 valence electrons. The van der Waals surface area contributed by atoms with Crippen molar-refractivity contribution in [2.45, 2.75) is 33.1 Å². The van der Waals surface area contributed by atoms with Gasteiger partial charge in [0.05, 0.1) is 6.42 Å². The van der Waals surface area contributed by atoms with E-state index in [-0.39, 0.29) is 37.0 Å². The Balaban J connectivity index is 1.53. The summed E-state index contributed by atoms with van der Waals surface area (Å²) in [6.45, 7) is 3.86. The molecule has 0 aliphatic rings. The van der Waals surface area contributed by atoms with Crippen LogP contribution in [-0.4, -0.2) is 28.1 Å². The largest absolute Gasteiger partial charge is 0.508 e. The predicted molar refractivity (Wildman–Crippen MR) is 131 cm³/mol. The number of anilines is 3. The third-order valence-electron chi connectivity index (χ3n) is 5.27. The number of carbonyl (C=O) groups is 3. The molecule has 0 aromatic heterocycles. The smallest absolute Gasteiger partial charge is 0.323 e. The summed E-state index contributed by atoms with van der Waals surface area (Å²) >= 11 is 0. The molecule has 0 atom stereocenters. The highest BCUT2D eigenvalue weighted by Gasteiger charge is 2.10. The Kier molecular flexibility index (Phi) is 7.87. The van der Waals surface area contributed by atoms with Crippen molar-refractivity contribution in [3.8, 4) is 5.75 Å². The lowest BCUT2D eigenvalue weighted by molar-refractivity contribution is -0.137. The van der Waals surface area contributed by atoms with E-state index < -0.39 is 5.97 Å². The maximum Gasteiger partial charge on any atom is 0.323 e. The number of urea groups is 1. The first-order valence-electron chi connectivity index (χ1n) is 10.8. The van der Waals surface area contributed by atoms with Gasteiger partial charge in [0.15, 0.2) is 0 Å². The SMILES string of the molecule is Cc1cccc(C)c1NC(=O)Nc1ccc(CC(=O)Nc2ccc(CCC(=O)O)c(O)c2)cc1. The summed E-state index contributed by atoms with van der Waals surface area (Å²) < 4.78 is 0. The molecule has 34 heavy (non-hydrogen) atoms. The van der Waals surface area contributed by atoms with E-state index >= 15 is 0 Å². The number of hydrogen-bond donors (Lipinski definition) is 5. The average molecular weight is 462 g/mol. The summed E-state index contributed by atoms with van der Waals surface area (Å²) in [7, 11) is 0. The quantitative estimate of drug-likeness (QED) is 0.328. The zero-order chi connectivity index (χ0) is 24.7. The van der Waals surface area contributed by atoms with Crippen LogP contribution in [0, 0.1) is 13.8 Å². The van der Waals surface area contributed by atoms with Crippen molar-refractivity contribution in [3.05, 3.63) is 82.9 Å². The number of amides is 3. The van der Waals surface area contributed by atoms with Crippen molar-refractivity contribution in [2.24, 2.45) is 0 Å². The van der Waals surface area contributed by atoms with Gasteiger partial charge < -0.3 is 26.2 Å². The highest BCUT2D eigenvalue weighted by Crippen LogP contribution is 2.24. The summed E-state index contributed by atoms with van der Waals surface area (Å²) in [4.78, 5) is 35.4. The number of phenols is 1. The third-order valence-corrected chi connectivity index (χ3v) is 5.27. The van der Waals surface area contributed by atoms with E-state index in [0.717, 1.165) is 22.4 Å². The van der Waals surface area contributed by atoms with Crippen LogP contribution >= 0.6 is 0 Å². The Morgan fingerprint density at radius 2 is 1.47 bits per heavy atom. The summed E-state index contributed by atoms with van der Waals surface area (Å²) in [5.74, 6) is -1.28. The summed E-state index contributed by atoms with van der Waals surface area (Å²) in [6.07, 6.45) is 0.228. The predicted octanol–water partition coefficient (Wildman–Crippen LogP) is 4.85. The van der Waals surface area contributed by atoms with Gasteiger partial charge in [-0.1, -0.05) is 36.4 Å². The number of benzene rings is 3. The molecule has 3 rings (SSSR count). The van der Waals surface area contributed by atoms with E-state index in [0.29, 0.717) is 16.9 Å². The summed E-state index contributed by atoms with van der Waals surface area (Å²) in [6, 6.07) is 17.0. The minimum atomic E-state index is -0.944. The van der Waals surface area contributed by atoms with E-state index in [1.807, 2.05) is 32.0 Å². The molecule has 0 spiro atoms. The molecule has 5 N–H and O–H groups in total. The van der Waals surface area contributed by atoms with Crippen LogP contribution in [0.1, 0.15) is 28.7 Å². The van der Waals surface area contributed by atoms with Gasteiger partial charge in [0, 0.05) is 29.5 Å². The van der Waals surface area contributed by atoms with E-state index in [1.54, 1.807) is 36.4 Å². The number of phenolic OH excluding ortho intramolecular Hbond substituents is 1. The molecule has 0 heterocycles. The fourth-order valence-corrected chi connectivity index (χ4v) is 3.48. The van der Waals surface area contributed by atoms with Gasteiger partial charge in [0.2, 0.25) is 5.91 Å². The van der Waals surface area contributed by atoms with Crippen molar-refractivity contribution in [3.63, 3.8) is 0 Å². The van der Waals surface area contributed by atoms with Crippen molar-refractivity contribution >= 4 is 35.0 Å². The highest BCUT2D eigenvalue weighted by atomic mass is 16.4. The van der Waals surface area contributed by atoms with Gasteiger partial charge in [-0.25, -0.2) is 4.79 Å². The van der Waals surface area contributed by atoms with Crippen LogP contribution < -0.4 is 16.0 Å². The van der Waals surface area contributed by atoms with Gasteiger partial charge >= 0.3 is 12.0 Å². The number of para-hydroxylation sites is 1. The molecule has 3 amide bonds. The van der Waals surface area contributed by atoms with E-state index in [4.69, 9.17) is 5.11 Å². The number of nitrogens with one attached hydrogen (secondary N) is 3. The maximum atomic E-state index is 12.4. The van der Waals surface area contributed by atoms with Gasteiger partial charge in [-0.2, -0.15) is 0 Å². The molecule has 0 unspecified atom stereocenters. The Morgan fingerprint density at radius 1 is 0.824 bits per heavy atom. The monoisotopic (exact) mass is 461 g/mol. The minimum absolute atomic E-state index is 0.0614. The average Bonchev–Trinajstić information content (AvgIpc) is 2.77. The second kappa shape index (κ2) is 11.0. The van der Waals surface area contributed by atoms with Gasteiger partial charge in [-0.15, -0.1) is 0 Å². The second-order valence-corrected chi connectivity index (χ2v) is 8.01. The Labute approximate surface area is 197 Å². The van der Waals surface area contributed by atoms with Crippen LogP contribution in [0.15, 0.2) is 60.7 Å². The first kappa shape index (κ1) is 24.3. The lowest BCUT2D eigenvalue weighted by atomic mass is 10.1. The number of aromatic hydroxyl groups is 1. The van der Waals surface area contributed by atoms with E-state index in [1.165, 1.54) is 6.07 Å². The zero-order valence-electron chi connectivity index (χ0n) is 19.0. The van der Waals surface area contributed by atoms with Crippen LogP contribution in [0.5, 0.6) is 5.75 Å². The Morgan fingerprint density at radius 3 is 2.09 bits per heavy atom. The number of rotatable bonds is 8. The highest BCUT2D eigenvalue weighted by molar-refractivity contribution is 6.00. The molecule has 0 bridgehead atoms. The molecule has 8 heteroatoms. The molecule has 0 radical (unpaired) electrons. The van der Waals surface area contributed by atoms with Crippen molar-refractivity contribution < 1.29 is 24.6 Å². The number of carboxylic acid groups (broad SMARTS) is 1. The number of carboxylic acids is 1. The first-order chi connectivity index (χ1) is 16.2. The molecule has 0 aliphatic heterocycles. The molecule has 8 nitrogen and oxygen atoms in total. The zero-order valence-corrected chi connectivity index (χ0v) is 19.0. The van der Waals surface area contributed by atoms with Crippen LogP contribution in [0.3, 0.4) is 0 Å². The Bertz CT molecular complexity index is 1190. The van der Waals surface area contributed by atoms with Gasteiger partial charge in [-0.3, -0.25) is 9.59 Å². The molecule has 0 saturated carbocycles. The van der Waals surface area contributed by atoms with E-state index in [9.17, 15) is 19.5 Å². The summed E-state index contributed by atoms with van der Waals surface area (Å²) in [5, 5.41) is 27.2. The molecular weight excluding hydrogens is 434 g/mol. The lowest BCUT2D eigenvalue weighted by Gasteiger charge is -2.13. The van der Waals surface area contributed by atoms with Gasteiger partial charge in [-0.05, 0) is 60.7 Å². The molecule has 0 aliphatic carbocycles. The number of aryl methyl sites for hydroxylation is 3. The van der Waals surface area contributed by atoms with Crippen LogP contribution in [0.4, 0.5) is 21.9 Å². The molecule has 0 fully saturated rings. The molecular formula is C26H27N3O5. The molecule has 3 aromatic rings. The van der Waals surface area contributed by atoms with Gasteiger partial charge in [0.25, 0.3) is 0 Å². The standard InChI is InChI=1S/C26H27N3O5/c1-16-4-3-5-17(2)25(16)29-26(34)28-20-10-6-18(7-11-20)14-23(31)27-21-12-8-19(22(30)15-21)9-13-24(32)33/h3-8,10-12,15,30H,9,13-14H2,1-2H3,(H,27,31)(H,32,33)(H2,28,29,34). The van der Waals surface area contributed by atoms with Crippen LogP contribution in [0.25, 0.3) is 0 Å². The van der Waals surface area contributed by atoms with Crippen LogP contribution in [-0.2, 0) is 22.4 Å². The lowest BCUT2D eigenvalue weighted by Crippen LogP contribution is -2.20. The topological polar surface area (TPSA) is 128 Å². The normalized spacial score (nSPS) is 10.4. The van der Waals surface area contributed by atoms with Crippen molar-refractivity contribution in [2.75, 3.05) is 16.0 Å². The Hall–Kier alpha value is -4.33. The summed E-state index contributed by atoms with van der Waals surface area (Å²) in [5.41, 5.74) is 4.98. The van der Waals surface area contributed by atoms with Crippen molar-refractivity contribution in [1.82, 2.24) is 0 Å².